The normalized spacial score (nSPS) is 10.3. The fraction of sp³-hybridized carbons (Fsp3) is 0.111. The number of rotatable bonds is 6. The van der Waals surface area contributed by atoms with Gasteiger partial charge in [-0.3, -0.25) is 9.78 Å². The number of hydrogen-bond acceptors (Lipinski definition) is 5. The van der Waals surface area contributed by atoms with Crippen LogP contribution in [0.4, 0.5) is 5.82 Å². The van der Waals surface area contributed by atoms with E-state index in [9.17, 15) is 4.79 Å². The monoisotopic (exact) mass is 353 g/mol. The number of pyridine rings is 1. The zero-order valence-electron chi connectivity index (χ0n) is 13.3. The molecule has 0 saturated carbocycles. The molecule has 0 radical (unpaired) electrons. The maximum absolute atomic E-state index is 12.1. The van der Waals surface area contributed by atoms with Gasteiger partial charge < -0.3 is 10.6 Å². The summed E-state index contributed by atoms with van der Waals surface area (Å²) < 4.78 is 0. The second kappa shape index (κ2) is 8.21. The van der Waals surface area contributed by atoms with Crippen LogP contribution in [-0.4, -0.2) is 21.1 Å². The van der Waals surface area contributed by atoms with Crippen molar-refractivity contribution in [3.63, 3.8) is 0 Å². The molecule has 0 bridgehead atoms. The summed E-state index contributed by atoms with van der Waals surface area (Å²) in [5, 5.41) is 14.5. The largest absolute Gasteiger partial charge is 0.364 e. The molecule has 25 heavy (non-hydrogen) atoms. The molecule has 0 aliphatic carbocycles. The van der Waals surface area contributed by atoms with Gasteiger partial charge in [0.05, 0.1) is 12.2 Å². The third kappa shape index (κ3) is 4.74. The van der Waals surface area contributed by atoms with Crippen LogP contribution in [-0.2, 0) is 13.1 Å². The minimum atomic E-state index is -0.296. The minimum absolute atomic E-state index is 0.249. The molecule has 2 heterocycles. The summed E-state index contributed by atoms with van der Waals surface area (Å²) in [7, 11) is 0. The van der Waals surface area contributed by atoms with Crippen molar-refractivity contribution in [2.24, 2.45) is 0 Å². The molecule has 126 valence electrons. The predicted octanol–water partition coefficient (Wildman–Crippen LogP) is 3.07. The topological polar surface area (TPSA) is 79.8 Å². The van der Waals surface area contributed by atoms with E-state index in [0.717, 1.165) is 11.3 Å². The molecule has 7 heteroatoms. The van der Waals surface area contributed by atoms with Gasteiger partial charge in [0, 0.05) is 17.8 Å². The van der Waals surface area contributed by atoms with Crippen LogP contribution >= 0.6 is 11.6 Å². The molecule has 0 saturated heterocycles. The molecule has 3 aromatic rings. The molecular weight excluding hydrogens is 338 g/mol. The van der Waals surface area contributed by atoms with E-state index in [0.29, 0.717) is 23.9 Å². The molecular formula is C18H16ClN5O. The maximum Gasteiger partial charge on any atom is 0.272 e. The average Bonchev–Trinajstić information content (AvgIpc) is 2.67. The Morgan fingerprint density at radius 2 is 1.80 bits per heavy atom. The third-order valence-corrected chi connectivity index (χ3v) is 3.84. The van der Waals surface area contributed by atoms with Crippen LogP contribution in [0.15, 0.2) is 60.8 Å². The van der Waals surface area contributed by atoms with E-state index in [4.69, 9.17) is 11.6 Å². The molecule has 0 fully saturated rings. The molecule has 0 unspecified atom stereocenters. The summed E-state index contributed by atoms with van der Waals surface area (Å²) >= 11 is 6.11. The fourth-order valence-corrected chi connectivity index (χ4v) is 2.34. The van der Waals surface area contributed by atoms with E-state index in [-0.39, 0.29) is 11.6 Å². The van der Waals surface area contributed by atoms with E-state index < -0.39 is 0 Å². The Morgan fingerprint density at radius 3 is 2.52 bits per heavy atom. The number of nitrogens with one attached hydrogen (secondary N) is 2. The van der Waals surface area contributed by atoms with Crippen molar-refractivity contribution in [2.75, 3.05) is 5.32 Å². The number of halogens is 1. The standard InChI is InChI=1S/C18H16ClN5O/c19-15-7-2-1-5-13(15)11-21-17-9-8-16(23-24-17)18(25)22-12-14-6-3-4-10-20-14/h1-10H,11-12H2,(H,21,24)(H,22,25). The van der Waals surface area contributed by atoms with Crippen molar-refractivity contribution >= 4 is 23.3 Å². The Bertz CT molecular complexity index is 840. The molecule has 0 aliphatic rings. The van der Waals surface area contributed by atoms with Gasteiger partial charge in [0.25, 0.3) is 5.91 Å². The van der Waals surface area contributed by atoms with Gasteiger partial charge in [-0.05, 0) is 35.9 Å². The summed E-state index contributed by atoms with van der Waals surface area (Å²) in [6.07, 6.45) is 1.68. The second-order valence-corrected chi connectivity index (χ2v) is 5.66. The van der Waals surface area contributed by atoms with Gasteiger partial charge in [0.2, 0.25) is 0 Å². The Kier molecular flexibility index (Phi) is 5.53. The first-order valence-corrected chi connectivity index (χ1v) is 8.09. The number of nitrogens with zero attached hydrogens (tertiary/aromatic N) is 3. The molecule has 2 aromatic heterocycles. The Balaban J connectivity index is 1.54. The number of anilines is 1. The van der Waals surface area contributed by atoms with Crippen molar-refractivity contribution in [1.29, 1.82) is 0 Å². The van der Waals surface area contributed by atoms with Crippen LogP contribution in [0, 0.1) is 0 Å². The van der Waals surface area contributed by atoms with Crippen molar-refractivity contribution in [3.05, 3.63) is 82.8 Å². The number of hydrogen-bond donors (Lipinski definition) is 2. The molecule has 6 nitrogen and oxygen atoms in total. The van der Waals surface area contributed by atoms with Crippen LogP contribution in [0.1, 0.15) is 21.7 Å². The third-order valence-electron chi connectivity index (χ3n) is 3.47. The van der Waals surface area contributed by atoms with E-state index >= 15 is 0 Å². The summed E-state index contributed by atoms with van der Waals surface area (Å²) in [4.78, 5) is 16.2. The molecule has 0 spiro atoms. The van der Waals surface area contributed by atoms with Crippen LogP contribution in [0.3, 0.4) is 0 Å². The van der Waals surface area contributed by atoms with E-state index in [1.165, 1.54) is 0 Å². The highest BCUT2D eigenvalue weighted by molar-refractivity contribution is 6.31. The van der Waals surface area contributed by atoms with Gasteiger partial charge in [0.15, 0.2) is 5.69 Å². The predicted molar refractivity (Wildman–Crippen MR) is 96.2 cm³/mol. The smallest absolute Gasteiger partial charge is 0.272 e. The van der Waals surface area contributed by atoms with Crippen molar-refractivity contribution < 1.29 is 4.79 Å². The lowest BCUT2D eigenvalue weighted by Crippen LogP contribution is -2.24. The Morgan fingerprint density at radius 1 is 0.960 bits per heavy atom. The molecule has 0 aliphatic heterocycles. The van der Waals surface area contributed by atoms with Crippen molar-refractivity contribution in [2.45, 2.75) is 13.1 Å². The first-order valence-electron chi connectivity index (χ1n) is 7.71. The number of carbonyl (C=O) groups is 1. The highest BCUT2D eigenvalue weighted by Gasteiger charge is 2.08. The van der Waals surface area contributed by atoms with Crippen LogP contribution in [0.5, 0.6) is 0 Å². The van der Waals surface area contributed by atoms with Crippen LogP contribution in [0.2, 0.25) is 5.02 Å². The van der Waals surface area contributed by atoms with Crippen molar-refractivity contribution in [3.8, 4) is 0 Å². The number of carbonyl (C=O) groups excluding carboxylic acids is 1. The number of aromatic nitrogens is 3. The lowest BCUT2D eigenvalue weighted by atomic mass is 10.2. The van der Waals surface area contributed by atoms with Crippen LogP contribution < -0.4 is 10.6 Å². The highest BCUT2D eigenvalue weighted by atomic mass is 35.5. The molecule has 1 amide bonds. The summed E-state index contributed by atoms with van der Waals surface area (Å²) in [5.41, 5.74) is 1.99. The molecule has 2 N–H and O–H groups in total. The Labute approximate surface area is 150 Å². The highest BCUT2D eigenvalue weighted by Crippen LogP contribution is 2.16. The van der Waals surface area contributed by atoms with E-state index in [1.54, 1.807) is 18.3 Å². The van der Waals surface area contributed by atoms with E-state index in [1.807, 2.05) is 42.5 Å². The van der Waals surface area contributed by atoms with Gasteiger partial charge in [0.1, 0.15) is 5.82 Å². The molecule has 1 aromatic carbocycles. The van der Waals surface area contributed by atoms with Gasteiger partial charge in [-0.15, -0.1) is 10.2 Å². The lowest BCUT2D eigenvalue weighted by Gasteiger charge is -2.07. The Hall–Kier alpha value is -2.99. The summed E-state index contributed by atoms with van der Waals surface area (Å²) in [5.74, 6) is 0.275. The number of benzene rings is 1. The van der Waals surface area contributed by atoms with Crippen LogP contribution in [0.25, 0.3) is 0 Å². The zero-order chi connectivity index (χ0) is 17.5. The zero-order valence-corrected chi connectivity index (χ0v) is 14.1. The lowest BCUT2D eigenvalue weighted by molar-refractivity contribution is 0.0944. The SMILES string of the molecule is O=C(NCc1ccccn1)c1ccc(NCc2ccccc2Cl)nn1. The molecule has 3 rings (SSSR count). The first-order chi connectivity index (χ1) is 12.2. The maximum atomic E-state index is 12.1. The van der Waals surface area contributed by atoms with Gasteiger partial charge in [-0.25, -0.2) is 0 Å². The second-order valence-electron chi connectivity index (χ2n) is 5.25. The first kappa shape index (κ1) is 16.9. The van der Waals surface area contributed by atoms with Gasteiger partial charge in [-0.2, -0.15) is 0 Å². The number of amides is 1. The molecule has 0 atom stereocenters. The quantitative estimate of drug-likeness (QED) is 0.712. The van der Waals surface area contributed by atoms with Gasteiger partial charge in [-0.1, -0.05) is 35.9 Å². The van der Waals surface area contributed by atoms with Crippen molar-refractivity contribution in [1.82, 2.24) is 20.5 Å². The average molecular weight is 354 g/mol. The summed E-state index contributed by atoms with van der Waals surface area (Å²) in [6, 6.07) is 16.4. The van der Waals surface area contributed by atoms with Gasteiger partial charge >= 0.3 is 0 Å². The van der Waals surface area contributed by atoms with E-state index in [2.05, 4.69) is 25.8 Å². The fourth-order valence-electron chi connectivity index (χ4n) is 2.14. The minimum Gasteiger partial charge on any atom is -0.364 e. The summed E-state index contributed by atoms with van der Waals surface area (Å²) in [6.45, 7) is 0.868.